The van der Waals surface area contributed by atoms with Gasteiger partial charge in [0.2, 0.25) is 12.5 Å². The summed E-state index contributed by atoms with van der Waals surface area (Å²) in [5.74, 6) is -4.74. The molecular formula is C49H49NO19. The van der Waals surface area contributed by atoms with Gasteiger partial charge in [-0.25, -0.2) is 9.59 Å². The number of methoxy groups -OCH3 is 2. The van der Waals surface area contributed by atoms with Crippen molar-refractivity contribution in [3.8, 4) is 28.7 Å². The van der Waals surface area contributed by atoms with Crippen molar-refractivity contribution in [2.24, 2.45) is 11.8 Å². The number of rotatable bonds is 15. The van der Waals surface area contributed by atoms with Gasteiger partial charge in [0.1, 0.15) is 32.0 Å². The fourth-order valence-electron chi connectivity index (χ4n) is 8.91. The lowest BCUT2D eigenvalue weighted by atomic mass is 9.66. The SMILES string of the molecule is COc1cc([C@@H]2c3cc4c(cc3[C@@H](O[C@H]3O[C@H](COC(C)=O)[C@@H](OC(C)=O)[C@H](OC(C)=O)[C@H]3NC(=O)OCc3ccccc3)[C@H]3COC(=O)[C@H]23)OCO4)cc(OC)c1OC(=O)OCc1ccccc1. The normalized spacial score (nSPS) is 24.0. The quantitative estimate of drug-likeness (QED) is 0.0869. The maximum atomic E-state index is 14.2. The number of fused-ring (bicyclic) bond motifs is 3. The fraction of sp³-hybridized carbons (Fsp3) is 0.388. The summed E-state index contributed by atoms with van der Waals surface area (Å²) in [4.78, 5) is 78.4. The molecular weight excluding hydrogens is 907 g/mol. The highest BCUT2D eigenvalue weighted by Gasteiger charge is 2.57. The Hall–Kier alpha value is -7.58. The fourth-order valence-corrected chi connectivity index (χ4v) is 8.91. The molecule has 4 aliphatic rings. The van der Waals surface area contributed by atoms with E-state index in [2.05, 4.69) is 5.32 Å². The van der Waals surface area contributed by atoms with Crippen LogP contribution in [0.3, 0.4) is 0 Å². The van der Waals surface area contributed by atoms with E-state index in [0.29, 0.717) is 33.8 Å². The van der Waals surface area contributed by atoms with Crippen molar-refractivity contribution < 1.29 is 90.3 Å². The lowest BCUT2D eigenvalue weighted by Gasteiger charge is -2.47. The second-order valence-corrected chi connectivity index (χ2v) is 16.3. The molecule has 0 saturated carbocycles. The summed E-state index contributed by atoms with van der Waals surface area (Å²) in [6.07, 6.45) is -9.01. The minimum Gasteiger partial charge on any atom is -0.493 e. The second kappa shape index (κ2) is 21.2. The van der Waals surface area contributed by atoms with Gasteiger partial charge in [0.25, 0.3) is 0 Å². The van der Waals surface area contributed by atoms with Crippen LogP contribution in [0.1, 0.15) is 60.6 Å². The van der Waals surface area contributed by atoms with Crippen LogP contribution in [0.5, 0.6) is 28.7 Å². The van der Waals surface area contributed by atoms with Gasteiger partial charge in [0.15, 0.2) is 41.5 Å². The highest BCUT2D eigenvalue weighted by Crippen LogP contribution is 2.57. The van der Waals surface area contributed by atoms with Crippen LogP contribution in [0.2, 0.25) is 0 Å². The summed E-state index contributed by atoms with van der Waals surface area (Å²) in [6, 6.07) is 23.0. The summed E-state index contributed by atoms with van der Waals surface area (Å²) >= 11 is 0. The zero-order chi connectivity index (χ0) is 48.8. The molecule has 4 aromatic carbocycles. The van der Waals surface area contributed by atoms with Crippen molar-refractivity contribution >= 4 is 36.1 Å². The van der Waals surface area contributed by atoms with Gasteiger partial charge in [-0.15, -0.1) is 0 Å². The summed E-state index contributed by atoms with van der Waals surface area (Å²) in [6.45, 7) is 2.42. The number of esters is 4. The van der Waals surface area contributed by atoms with Gasteiger partial charge >= 0.3 is 36.1 Å². The number of hydrogen-bond donors (Lipinski definition) is 1. The largest absolute Gasteiger partial charge is 0.514 e. The Kier molecular flexibility index (Phi) is 14.7. The number of alkyl carbamates (subject to hydrolysis) is 1. The van der Waals surface area contributed by atoms with E-state index in [9.17, 15) is 28.8 Å². The molecule has 1 aliphatic carbocycles. The van der Waals surface area contributed by atoms with Crippen LogP contribution >= 0.6 is 0 Å². The summed E-state index contributed by atoms with van der Waals surface area (Å²) in [5, 5.41) is 2.70. The number of carbonyl (C=O) groups is 6. The van der Waals surface area contributed by atoms with E-state index < -0.39 is 97.2 Å². The van der Waals surface area contributed by atoms with Crippen LogP contribution in [-0.4, -0.2) is 101 Å². The first-order valence-corrected chi connectivity index (χ1v) is 21.8. The lowest BCUT2D eigenvalue weighted by molar-refractivity contribution is -0.294. The molecule has 69 heavy (non-hydrogen) atoms. The molecule has 3 aliphatic heterocycles. The van der Waals surface area contributed by atoms with E-state index in [-0.39, 0.29) is 43.9 Å². The first kappa shape index (κ1) is 47.9. The Morgan fingerprint density at radius 1 is 0.696 bits per heavy atom. The summed E-state index contributed by atoms with van der Waals surface area (Å²) < 4.78 is 75.7. The summed E-state index contributed by atoms with van der Waals surface area (Å²) in [7, 11) is 2.75. The van der Waals surface area contributed by atoms with Crippen LogP contribution in [0.15, 0.2) is 84.9 Å². The van der Waals surface area contributed by atoms with Gasteiger partial charge in [-0.1, -0.05) is 60.7 Å². The predicted octanol–water partition coefficient (Wildman–Crippen LogP) is 5.59. The Balaban J connectivity index is 1.18. The van der Waals surface area contributed by atoms with Crippen molar-refractivity contribution in [1.29, 1.82) is 0 Å². The Morgan fingerprint density at radius 3 is 1.88 bits per heavy atom. The number of benzene rings is 4. The van der Waals surface area contributed by atoms with Crippen molar-refractivity contribution in [2.75, 3.05) is 34.2 Å². The highest BCUT2D eigenvalue weighted by molar-refractivity contribution is 5.79. The molecule has 8 rings (SSSR count). The molecule has 364 valence electrons. The van der Waals surface area contributed by atoms with Crippen molar-refractivity contribution in [3.05, 3.63) is 113 Å². The van der Waals surface area contributed by atoms with E-state index in [1.54, 1.807) is 66.7 Å². The molecule has 4 aromatic rings. The van der Waals surface area contributed by atoms with Gasteiger partial charge in [-0.05, 0) is 52.1 Å². The standard InChI is InChI=1S/C49H49NO19/c1-25(51)59-23-38-44(65-26(2)52)45(66-27(3)53)41(50-48(55)61-20-28-12-8-6-9-13-28)47(67-38)68-42-32-19-35-34(63-24-64-35)18-31(32)39(40-33(42)22-60-46(40)54)30-16-36(57-4)43(37(17-30)58-5)69-49(56)62-21-29-14-10-7-11-15-29/h6-19,33,38-42,44-45,47H,20-24H2,1-5H3,(H,50,55)/t33-,38+,39+,40-,41+,42+,44+,45+,47+/m0/s1. The van der Waals surface area contributed by atoms with Crippen LogP contribution in [0.25, 0.3) is 0 Å². The average Bonchev–Trinajstić information content (AvgIpc) is 3.97. The van der Waals surface area contributed by atoms with Crippen LogP contribution in [0.4, 0.5) is 9.59 Å². The molecule has 0 unspecified atom stereocenters. The van der Waals surface area contributed by atoms with Crippen LogP contribution in [-0.2, 0) is 70.3 Å². The Morgan fingerprint density at radius 2 is 1.29 bits per heavy atom. The summed E-state index contributed by atoms with van der Waals surface area (Å²) in [5.41, 5.74) is 2.87. The number of carbonyl (C=O) groups excluding carboxylic acids is 6. The topological polar surface area (TPSA) is 234 Å². The minimum atomic E-state index is -1.60. The van der Waals surface area contributed by atoms with Gasteiger partial charge in [0.05, 0.1) is 32.8 Å². The minimum absolute atomic E-state index is 0.0587. The molecule has 3 heterocycles. The van der Waals surface area contributed by atoms with Gasteiger partial charge in [-0.2, -0.15) is 0 Å². The zero-order valence-corrected chi connectivity index (χ0v) is 38.1. The van der Waals surface area contributed by atoms with Gasteiger partial charge in [0, 0.05) is 32.6 Å². The highest BCUT2D eigenvalue weighted by atomic mass is 16.7. The molecule has 9 atom stereocenters. The molecule has 2 saturated heterocycles. The smallest absolute Gasteiger partial charge is 0.493 e. The molecule has 20 nitrogen and oxygen atoms in total. The van der Waals surface area contributed by atoms with E-state index in [0.717, 1.165) is 26.3 Å². The molecule has 20 heteroatoms. The van der Waals surface area contributed by atoms with Gasteiger partial charge in [-0.3, -0.25) is 19.2 Å². The van der Waals surface area contributed by atoms with Crippen LogP contribution in [0, 0.1) is 11.8 Å². The van der Waals surface area contributed by atoms with Crippen LogP contribution < -0.4 is 29.0 Å². The second-order valence-electron chi connectivity index (χ2n) is 16.3. The third-order valence-corrected chi connectivity index (χ3v) is 11.8. The first-order valence-electron chi connectivity index (χ1n) is 21.8. The third kappa shape index (κ3) is 10.8. The Labute approximate surface area is 395 Å². The number of cyclic esters (lactones) is 1. The van der Waals surface area contributed by atoms with E-state index >= 15 is 0 Å². The predicted molar refractivity (Wildman–Crippen MR) is 233 cm³/mol. The molecule has 0 spiro atoms. The average molecular weight is 956 g/mol. The molecule has 0 bridgehead atoms. The third-order valence-electron chi connectivity index (χ3n) is 11.8. The van der Waals surface area contributed by atoms with E-state index in [4.69, 9.17) is 61.6 Å². The van der Waals surface area contributed by atoms with Crippen molar-refractivity contribution in [1.82, 2.24) is 5.32 Å². The van der Waals surface area contributed by atoms with E-state index in [1.165, 1.54) is 14.2 Å². The molecule has 1 N–H and O–H groups in total. The maximum Gasteiger partial charge on any atom is 0.514 e. The van der Waals surface area contributed by atoms with Crippen molar-refractivity contribution in [3.63, 3.8) is 0 Å². The molecule has 0 aromatic heterocycles. The Bertz CT molecular complexity index is 2530. The number of nitrogens with one attached hydrogen (secondary N) is 1. The number of ether oxygens (including phenoxy) is 13. The lowest BCUT2D eigenvalue weighted by Crippen LogP contribution is -2.67. The van der Waals surface area contributed by atoms with E-state index in [1.807, 2.05) is 18.2 Å². The molecule has 1 amide bonds. The zero-order valence-electron chi connectivity index (χ0n) is 38.1. The molecule has 0 radical (unpaired) electrons. The van der Waals surface area contributed by atoms with Gasteiger partial charge < -0.3 is 66.9 Å². The number of amides is 1. The van der Waals surface area contributed by atoms with Crippen molar-refractivity contribution in [2.45, 2.75) is 76.7 Å². The number of hydrogen-bond acceptors (Lipinski definition) is 19. The monoisotopic (exact) mass is 955 g/mol. The maximum absolute atomic E-state index is 14.2. The molecule has 2 fully saturated rings. The first-order chi connectivity index (χ1) is 33.3.